The predicted molar refractivity (Wildman–Crippen MR) is 155 cm³/mol. The highest BCUT2D eigenvalue weighted by Gasteiger charge is 2.26. The molecule has 0 bridgehead atoms. The number of pyridine rings is 2. The molecule has 11 nitrogen and oxygen atoms in total. The van der Waals surface area contributed by atoms with Crippen LogP contribution in [0.15, 0.2) is 35.9 Å². The van der Waals surface area contributed by atoms with E-state index in [-0.39, 0.29) is 11.6 Å². The lowest BCUT2D eigenvalue weighted by Gasteiger charge is -2.34. The molecule has 2 N–H and O–H groups in total. The first-order valence-electron chi connectivity index (χ1n) is 14.1. The fourth-order valence-electron chi connectivity index (χ4n) is 5.55. The van der Waals surface area contributed by atoms with E-state index in [9.17, 15) is 14.7 Å². The van der Waals surface area contributed by atoms with Gasteiger partial charge < -0.3 is 25.0 Å². The molecule has 0 unspecified atom stereocenters. The van der Waals surface area contributed by atoms with E-state index >= 15 is 0 Å². The maximum absolute atomic E-state index is 13.9. The number of aryl methyl sites for hydroxylation is 1. The number of nitrogens with zero attached hydrogens (tertiary/aromatic N) is 6. The van der Waals surface area contributed by atoms with Gasteiger partial charge in [0, 0.05) is 43.8 Å². The van der Waals surface area contributed by atoms with Gasteiger partial charge in [-0.15, -0.1) is 0 Å². The Kier molecular flexibility index (Phi) is 8.18. The number of amides is 1. The monoisotopic (exact) mass is 547 g/mol. The number of rotatable bonds is 9. The van der Waals surface area contributed by atoms with Gasteiger partial charge in [-0.1, -0.05) is 32.8 Å². The van der Waals surface area contributed by atoms with Gasteiger partial charge in [-0.2, -0.15) is 4.98 Å². The summed E-state index contributed by atoms with van der Waals surface area (Å²) in [7, 11) is 0. The zero-order chi connectivity index (χ0) is 28.2. The Morgan fingerprint density at radius 2 is 1.90 bits per heavy atom. The first kappa shape index (κ1) is 27.4. The van der Waals surface area contributed by atoms with Crippen molar-refractivity contribution in [3.63, 3.8) is 0 Å². The molecule has 4 heterocycles. The lowest BCUT2D eigenvalue weighted by Crippen LogP contribution is -2.48. The molecule has 2 fully saturated rings. The molecule has 40 heavy (non-hydrogen) atoms. The van der Waals surface area contributed by atoms with Crippen LogP contribution in [0, 0.1) is 6.92 Å². The predicted octanol–water partition coefficient (Wildman–Crippen LogP) is 4.94. The van der Waals surface area contributed by atoms with Crippen LogP contribution in [-0.4, -0.2) is 68.4 Å². The smallest absolute Gasteiger partial charge is 0.407 e. The van der Waals surface area contributed by atoms with Crippen LogP contribution in [0.2, 0.25) is 0 Å². The number of carboxylic acid groups (broad SMARTS) is 1. The van der Waals surface area contributed by atoms with E-state index in [1.165, 1.54) is 4.90 Å². The molecule has 3 aromatic rings. The van der Waals surface area contributed by atoms with Crippen LogP contribution in [0.1, 0.15) is 62.6 Å². The Balaban J connectivity index is 1.42. The van der Waals surface area contributed by atoms with E-state index in [0.717, 1.165) is 55.2 Å². The second kappa shape index (κ2) is 11.9. The van der Waals surface area contributed by atoms with Gasteiger partial charge >= 0.3 is 6.09 Å². The van der Waals surface area contributed by atoms with Crippen molar-refractivity contribution < 1.29 is 14.6 Å². The van der Waals surface area contributed by atoms with Gasteiger partial charge in [0.2, 0.25) is 5.95 Å². The summed E-state index contributed by atoms with van der Waals surface area (Å²) in [6.07, 6.45) is 8.54. The van der Waals surface area contributed by atoms with Crippen molar-refractivity contribution in [1.29, 1.82) is 0 Å². The standard InChI is InChI=1S/C29H37N7O4/c1-4-5-16-40-20(3)25-19(2)23-18-31-28(33-26(23)36(27(25)37)21-8-6-7-9-21)32-24-11-10-22(17-30-24)34-12-14-35(15-13-34)29(38)39/h10-11,17-18,21H,3-9,12-16H2,1-2H3,(H,38,39)(H,30,31,32,33). The molecular formula is C29H37N7O4. The summed E-state index contributed by atoms with van der Waals surface area (Å²) in [6, 6.07) is 3.86. The summed E-state index contributed by atoms with van der Waals surface area (Å²) in [6.45, 7) is 10.8. The second-order valence-corrected chi connectivity index (χ2v) is 10.5. The van der Waals surface area contributed by atoms with Crippen molar-refractivity contribution in [3.8, 4) is 0 Å². The lowest BCUT2D eigenvalue weighted by atomic mass is 10.0. The molecule has 0 atom stereocenters. The summed E-state index contributed by atoms with van der Waals surface area (Å²) in [4.78, 5) is 42.5. The van der Waals surface area contributed by atoms with Gasteiger partial charge in [0.1, 0.15) is 17.2 Å². The maximum Gasteiger partial charge on any atom is 0.407 e. The van der Waals surface area contributed by atoms with Gasteiger partial charge in [0.05, 0.1) is 24.1 Å². The Bertz CT molecular complexity index is 1440. The normalized spacial score (nSPS) is 15.9. The number of anilines is 3. The van der Waals surface area contributed by atoms with E-state index in [4.69, 9.17) is 9.72 Å². The third-order valence-electron chi connectivity index (χ3n) is 7.85. The SMILES string of the molecule is C=C(OCCCC)c1c(C)c2cnc(Nc3ccc(N4CCN(C(=O)O)CC4)cn3)nc2n(C2CCCC2)c1=O. The van der Waals surface area contributed by atoms with Crippen molar-refractivity contribution in [2.24, 2.45) is 0 Å². The average Bonchev–Trinajstić information content (AvgIpc) is 3.48. The molecule has 2 aliphatic rings. The number of hydrogen-bond acceptors (Lipinski definition) is 8. The number of piperazine rings is 1. The van der Waals surface area contributed by atoms with Gasteiger partial charge in [-0.3, -0.25) is 9.36 Å². The molecular weight excluding hydrogens is 510 g/mol. The Morgan fingerprint density at radius 1 is 1.15 bits per heavy atom. The number of ether oxygens (including phenoxy) is 1. The van der Waals surface area contributed by atoms with Crippen LogP contribution in [0.5, 0.6) is 0 Å². The molecule has 0 aromatic carbocycles. The molecule has 3 aromatic heterocycles. The number of aromatic nitrogens is 4. The molecule has 5 rings (SSSR count). The average molecular weight is 548 g/mol. The van der Waals surface area contributed by atoms with Crippen LogP contribution in [0.25, 0.3) is 16.8 Å². The van der Waals surface area contributed by atoms with Gasteiger partial charge in [0.15, 0.2) is 0 Å². The van der Waals surface area contributed by atoms with E-state index < -0.39 is 6.09 Å². The third-order valence-corrected chi connectivity index (χ3v) is 7.85. The highest BCUT2D eigenvalue weighted by Crippen LogP contribution is 2.33. The number of unbranched alkanes of at least 4 members (excludes halogenated alkanes) is 1. The van der Waals surface area contributed by atoms with Gasteiger partial charge in [0.25, 0.3) is 5.56 Å². The van der Waals surface area contributed by atoms with Crippen LogP contribution >= 0.6 is 0 Å². The van der Waals surface area contributed by atoms with Crippen molar-refractivity contribution in [2.45, 2.75) is 58.4 Å². The molecule has 1 aliphatic heterocycles. The summed E-state index contributed by atoms with van der Waals surface area (Å²) in [5.74, 6) is 1.34. The van der Waals surface area contributed by atoms with Crippen molar-refractivity contribution >= 4 is 40.3 Å². The Labute approximate surface area is 233 Å². The van der Waals surface area contributed by atoms with Crippen LogP contribution in [-0.2, 0) is 4.74 Å². The van der Waals surface area contributed by atoms with Crippen LogP contribution in [0.4, 0.5) is 22.2 Å². The third kappa shape index (κ3) is 5.59. The number of fused-ring (bicyclic) bond motifs is 1. The Hall–Kier alpha value is -4.15. The van der Waals surface area contributed by atoms with Crippen LogP contribution in [0.3, 0.4) is 0 Å². The van der Waals surface area contributed by atoms with Crippen molar-refractivity contribution in [3.05, 3.63) is 52.6 Å². The molecule has 1 saturated carbocycles. The van der Waals surface area contributed by atoms with E-state index in [1.807, 2.05) is 23.6 Å². The minimum Gasteiger partial charge on any atom is -0.493 e. The molecule has 1 saturated heterocycles. The van der Waals surface area contributed by atoms with E-state index in [1.54, 1.807) is 12.4 Å². The molecule has 1 amide bonds. The topological polar surface area (TPSA) is 126 Å². The summed E-state index contributed by atoms with van der Waals surface area (Å²) >= 11 is 0. The highest BCUT2D eigenvalue weighted by molar-refractivity contribution is 5.84. The number of nitrogens with one attached hydrogen (secondary N) is 1. The quantitative estimate of drug-likeness (QED) is 0.283. The first-order valence-corrected chi connectivity index (χ1v) is 14.1. The minimum atomic E-state index is -0.886. The zero-order valence-electron chi connectivity index (χ0n) is 23.2. The Morgan fingerprint density at radius 3 is 2.55 bits per heavy atom. The fourth-order valence-corrected chi connectivity index (χ4v) is 5.55. The number of hydrogen-bond donors (Lipinski definition) is 2. The maximum atomic E-state index is 13.9. The lowest BCUT2D eigenvalue weighted by molar-refractivity contribution is 0.142. The minimum absolute atomic E-state index is 0.0690. The van der Waals surface area contributed by atoms with Gasteiger partial charge in [-0.05, 0) is 43.9 Å². The van der Waals surface area contributed by atoms with E-state index in [2.05, 4.69) is 33.7 Å². The molecule has 1 aliphatic carbocycles. The zero-order valence-corrected chi connectivity index (χ0v) is 23.2. The largest absolute Gasteiger partial charge is 0.493 e. The van der Waals surface area contributed by atoms with Crippen molar-refractivity contribution in [2.75, 3.05) is 43.0 Å². The first-order chi connectivity index (χ1) is 19.4. The highest BCUT2D eigenvalue weighted by atomic mass is 16.5. The van der Waals surface area contributed by atoms with Crippen LogP contribution < -0.4 is 15.8 Å². The summed E-state index contributed by atoms with van der Waals surface area (Å²) < 4.78 is 7.69. The molecule has 212 valence electrons. The van der Waals surface area contributed by atoms with Crippen molar-refractivity contribution in [1.82, 2.24) is 24.4 Å². The molecule has 0 radical (unpaired) electrons. The summed E-state index contributed by atoms with van der Waals surface area (Å²) in [5, 5.41) is 13.2. The van der Waals surface area contributed by atoms with E-state index in [0.29, 0.717) is 61.5 Å². The summed E-state index contributed by atoms with van der Waals surface area (Å²) in [5.41, 5.74) is 2.68. The second-order valence-electron chi connectivity index (χ2n) is 10.5. The van der Waals surface area contributed by atoms with Gasteiger partial charge in [-0.25, -0.2) is 14.8 Å². The molecule has 0 spiro atoms. The fraction of sp³-hybridized carbons (Fsp3) is 0.483. The number of carbonyl (C=O) groups is 1. The molecule has 11 heteroatoms.